The molecule has 18 heavy (non-hydrogen) atoms. The van der Waals surface area contributed by atoms with Crippen molar-refractivity contribution in [1.82, 2.24) is 4.98 Å². The first-order valence-corrected chi connectivity index (χ1v) is 8.04. The van der Waals surface area contributed by atoms with Gasteiger partial charge in [0.05, 0.1) is 10.8 Å². The van der Waals surface area contributed by atoms with Crippen LogP contribution in [0.3, 0.4) is 0 Å². The van der Waals surface area contributed by atoms with E-state index in [1.807, 2.05) is 36.4 Å². The predicted molar refractivity (Wildman–Crippen MR) is 86.2 cm³/mol. The molecule has 2 aromatic rings. The summed E-state index contributed by atoms with van der Waals surface area (Å²) in [6.07, 6.45) is 1.73. The number of rotatable bonds is 4. The van der Waals surface area contributed by atoms with E-state index in [9.17, 15) is 4.79 Å². The van der Waals surface area contributed by atoms with Crippen LogP contribution < -0.4 is 0 Å². The van der Waals surface area contributed by atoms with Crippen molar-refractivity contribution in [3.8, 4) is 0 Å². The molecule has 0 aliphatic rings. The lowest BCUT2D eigenvalue weighted by Crippen LogP contribution is -2.02. The van der Waals surface area contributed by atoms with Crippen molar-refractivity contribution < 1.29 is 4.79 Å². The Hall–Kier alpha value is -0.400. The van der Waals surface area contributed by atoms with E-state index in [0.29, 0.717) is 5.75 Å². The van der Waals surface area contributed by atoms with Crippen LogP contribution in [0.25, 0.3) is 0 Å². The first-order chi connectivity index (χ1) is 8.65. The zero-order valence-electron chi connectivity index (χ0n) is 9.27. The van der Waals surface area contributed by atoms with Crippen molar-refractivity contribution in [2.45, 2.75) is 5.03 Å². The zero-order valence-corrected chi connectivity index (χ0v) is 13.8. The van der Waals surface area contributed by atoms with Gasteiger partial charge in [-0.1, -0.05) is 23.9 Å². The maximum absolute atomic E-state index is 11.9. The lowest BCUT2D eigenvalue weighted by Gasteiger charge is -2.01. The van der Waals surface area contributed by atoms with Crippen LogP contribution in [0.15, 0.2) is 52.1 Å². The normalized spacial score (nSPS) is 10.3. The highest BCUT2D eigenvalue weighted by atomic mass is 127. The summed E-state index contributed by atoms with van der Waals surface area (Å²) in [5.41, 5.74) is 0.750. The average molecular weight is 434 g/mol. The van der Waals surface area contributed by atoms with Crippen LogP contribution in [-0.2, 0) is 0 Å². The molecule has 0 aliphatic heterocycles. The number of benzene rings is 1. The summed E-state index contributed by atoms with van der Waals surface area (Å²) < 4.78 is 2.07. The third kappa shape index (κ3) is 4.07. The Bertz CT molecular complexity index is 542. The number of nitrogens with zero attached hydrogens (tertiary/aromatic N) is 1. The summed E-state index contributed by atoms with van der Waals surface area (Å²) in [5, 5.41) is 0.858. The summed E-state index contributed by atoms with van der Waals surface area (Å²) >= 11 is 7.01. The van der Waals surface area contributed by atoms with Crippen molar-refractivity contribution in [2.75, 3.05) is 5.75 Å². The van der Waals surface area contributed by atoms with Crippen molar-refractivity contribution in [1.29, 1.82) is 0 Å². The molecule has 0 radical (unpaired) electrons. The molecule has 92 valence electrons. The van der Waals surface area contributed by atoms with E-state index in [0.717, 1.165) is 18.6 Å². The first kappa shape index (κ1) is 14.0. The minimum Gasteiger partial charge on any atom is -0.293 e. The van der Waals surface area contributed by atoms with Gasteiger partial charge in [-0.05, 0) is 62.8 Å². The number of ketones is 1. The largest absolute Gasteiger partial charge is 0.293 e. The number of Topliss-reactive ketones (excluding diaryl/α,β-unsaturated/α-hetero) is 1. The molecule has 1 aromatic heterocycles. The smallest absolute Gasteiger partial charge is 0.173 e. The molecule has 0 saturated heterocycles. The molecule has 2 rings (SSSR count). The third-order valence-corrected chi connectivity index (χ3v) is 4.35. The summed E-state index contributed by atoms with van der Waals surface area (Å²) in [6.45, 7) is 0. The van der Waals surface area contributed by atoms with Crippen LogP contribution in [0.2, 0.25) is 0 Å². The van der Waals surface area contributed by atoms with Gasteiger partial charge in [0.15, 0.2) is 5.78 Å². The van der Waals surface area contributed by atoms with Gasteiger partial charge in [0.25, 0.3) is 0 Å². The Morgan fingerprint density at radius 3 is 2.56 bits per heavy atom. The second-order valence-corrected chi connectivity index (χ2v) is 6.69. The van der Waals surface area contributed by atoms with Crippen LogP contribution in [-0.4, -0.2) is 16.5 Å². The molecular formula is C13H9BrINOS. The number of carbonyl (C=O) groups excluding carboxylic acids is 1. The molecule has 0 aliphatic carbocycles. The minimum absolute atomic E-state index is 0.126. The molecule has 0 saturated carbocycles. The number of hydrogen-bond acceptors (Lipinski definition) is 3. The number of halogens is 2. The van der Waals surface area contributed by atoms with Crippen LogP contribution >= 0.6 is 50.3 Å². The molecule has 2 nitrogen and oxygen atoms in total. The van der Waals surface area contributed by atoms with E-state index in [1.54, 1.807) is 6.20 Å². The Balaban J connectivity index is 1.96. The van der Waals surface area contributed by atoms with Gasteiger partial charge in [-0.25, -0.2) is 4.98 Å². The first-order valence-electron chi connectivity index (χ1n) is 5.18. The Labute approximate surface area is 132 Å². The van der Waals surface area contributed by atoms with E-state index in [1.165, 1.54) is 11.8 Å². The number of hydrogen-bond donors (Lipinski definition) is 0. The van der Waals surface area contributed by atoms with Gasteiger partial charge in [-0.15, -0.1) is 0 Å². The standard InChI is InChI=1S/C13H9BrINOS/c14-10-3-6-13(16-7-10)18-8-12(17)9-1-4-11(15)5-2-9/h1-7H,8H2. The fraction of sp³-hybridized carbons (Fsp3) is 0.0769. The number of carbonyl (C=O) groups is 1. The molecule has 1 heterocycles. The quantitative estimate of drug-likeness (QED) is 0.406. The maximum atomic E-state index is 11.9. The fourth-order valence-corrected chi connectivity index (χ4v) is 2.64. The molecule has 0 fully saturated rings. The van der Waals surface area contributed by atoms with Crippen LogP contribution in [0.5, 0.6) is 0 Å². The van der Waals surface area contributed by atoms with Crippen LogP contribution in [0.1, 0.15) is 10.4 Å². The third-order valence-electron chi connectivity index (χ3n) is 2.22. The van der Waals surface area contributed by atoms with E-state index >= 15 is 0 Å². The second kappa shape index (κ2) is 6.68. The summed E-state index contributed by atoms with van der Waals surface area (Å²) in [7, 11) is 0. The summed E-state index contributed by atoms with van der Waals surface area (Å²) in [6, 6.07) is 11.4. The van der Waals surface area contributed by atoms with E-state index in [2.05, 4.69) is 43.5 Å². The number of pyridine rings is 1. The predicted octanol–water partition coefficient (Wildman–Crippen LogP) is 4.42. The minimum atomic E-state index is 0.126. The monoisotopic (exact) mass is 433 g/mol. The van der Waals surface area contributed by atoms with Gasteiger partial charge in [0, 0.05) is 19.8 Å². The van der Waals surface area contributed by atoms with Gasteiger partial charge < -0.3 is 0 Å². The molecule has 0 N–H and O–H groups in total. The van der Waals surface area contributed by atoms with Crippen molar-refractivity contribution >= 4 is 56.1 Å². The Morgan fingerprint density at radius 2 is 1.94 bits per heavy atom. The highest BCUT2D eigenvalue weighted by Gasteiger charge is 2.06. The molecule has 5 heteroatoms. The highest BCUT2D eigenvalue weighted by Crippen LogP contribution is 2.19. The van der Waals surface area contributed by atoms with Crippen LogP contribution in [0, 0.1) is 3.57 Å². The van der Waals surface area contributed by atoms with Gasteiger partial charge in [0.2, 0.25) is 0 Å². The van der Waals surface area contributed by atoms with Crippen LogP contribution in [0.4, 0.5) is 0 Å². The molecule has 1 aromatic carbocycles. The number of aromatic nitrogens is 1. The lowest BCUT2D eigenvalue weighted by molar-refractivity contribution is 0.102. The maximum Gasteiger partial charge on any atom is 0.173 e. The van der Waals surface area contributed by atoms with E-state index in [-0.39, 0.29) is 5.78 Å². The average Bonchev–Trinajstić information content (AvgIpc) is 2.38. The van der Waals surface area contributed by atoms with Crippen molar-refractivity contribution in [3.05, 3.63) is 56.2 Å². The van der Waals surface area contributed by atoms with Gasteiger partial charge >= 0.3 is 0 Å². The van der Waals surface area contributed by atoms with Gasteiger partial charge in [-0.2, -0.15) is 0 Å². The molecule has 0 amide bonds. The molecule has 0 atom stereocenters. The highest BCUT2D eigenvalue weighted by molar-refractivity contribution is 14.1. The van der Waals surface area contributed by atoms with Gasteiger partial charge in [-0.3, -0.25) is 4.79 Å². The Morgan fingerprint density at radius 1 is 1.22 bits per heavy atom. The SMILES string of the molecule is O=C(CSc1ccc(Br)cn1)c1ccc(I)cc1. The molecule has 0 unspecified atom stereocenters. The Kier molecular flexibility index (Phi) is 5.20. The van der Waals surface area contributed by atoms with Crippen molar-refractivity contribution in [2.24, 2.45) is 0 Å². The van der Waals surface area contributed by atoms with E-state index < -0.39 is 0 Å². The van der Waals surface area contributed by atoms with Crippen molar-refractivity contribution in [3.63, 3.8) is 0 Å². The second-order valence-electron chi connectivity index (χ2n) is 3.53. The molecule has 0 bridgehead atoms. The lowest BCUT2D eigenvalue weighted by atomic mass is 10.2. The zero-order chi connectivity index (χ0) is 13.0. The topological polar surface area (TPSA) is 30.0 Å². The summed E-state index contributed by atoms with van der Waals surface area (Å²) in [5.74, 6) is 0.538. The molecular weight excluding hydrogens is 425 g/mol. The summed E-state index contributed by atoms with van der Waals surface area (Å²) in [4.78, 5) is 16.2. The van der Waals surface area contributed by atoms with Gasteiger partial charge in [0.1, 0.15) is 0 Å². The number of thioether (sulfide) groups is 1. The molecule has 0 spiro atoms. The fourth-order valence-electron chi connectivity index (χ4n) is 1.31. The van der Waals surface area contributed by atoms with E-state index in [4.69, 9.17) is 0 Å².